The Bertz CT molecular complexity index is 518. The standard InChI is InChI=1S/C10H13NO6S/c12-11(13)8-2-1-4-10(6-8,18(14,15)16)7-9-3-5-17-9/h1-2,4,9H,3,5-7H2,(H,14,15,16)/t9?,10-/m0/s1. The quantitative estimate of drug-likeness (QED) is 0.464. The van der Waals surface area contributed by atoms with Crippen molar-refractivity contribution < 1.29 is 22.6 Å². The van der Waals surface area contributed by atoms with E-state index in [2.05, 4.69) is 0 Å². The molecule has 1 saturated heterocycles. The summed E-state index contributed by atoms with van der Waals surface area (Å²) in [4.78, 5) is 10.1. The van der Waals surface area contributed by atoms with Crippen molar-refractivity contribution in [2.45, 2.75) is 30.1 Å². The minimum atomic E-state index is -4.44. The van der Waals surface area contributed by atoms with E-state index in [0.717, 1.165) is 0 Å². The number of allylic oxidation sites excluding steroid dienone is 3. The summed E-state index contributed by atoms with van der Waals surface area (Å²) < 4.78 is 36.0. The normalized spacial score (nSPS) is 31.6. The van der Waals surface area contributed by atoms with Crippen molar-refractivity contribution in [1.29, 1.82) is 0 Å². The molecule has 100 valence electrons. The minimum Gasteiger partial charge on any atom is -0.378 e. The summed E-state index contributed by atoms with van der Waals surface area (Å²) in [6, 6.07) is 0. The molecule has 1 aliphatic carbocycles. The van der Waals surface area contributed by atoms with Crippen molar-refractivity contribution >= 4 is 10.1 Å². The van der Waals surface area contributed by atoms with Gasteiger partial charge >= 0.3 is 0 Å². The highest BCUT2D eigenvalue weighted by Crippen LogP contribution is 2.37. The predicted octanol–water partition coefficient (Wildman–Crippen LogP) is 0.912. The maximum absolute atomic E-state index is 11.6. The van der Waals surface area contributed by atoms with Gasteiger partial charge in [0, 0.05) is 12.7 Å². The van der Waals surface area contributed by atoms with Gasteiger partial charge in [-0.15, -0.1) is 0 Å². The zero-order chi connectivity index (χ0) is 13.4. The number of nitro groups is 1. The van der Waals surface area contributed by atoms with E-state index >= 15 is 0 Å². The van der Waals surface area contributed by atoms with Crippen LogP contribution in [0.1, 0.15) is 19.3 Å². The fourth-order valence-corrected chi connectivity index (χ4v) is 3.12. The van der Waals surface area contributed by atoms with Crippen LogP contribution in [0.5, 0.6) is 0 Å². The predicted molar refractivity (Wildman–Crippen MR) is 62.1 cm³/mol. The van der Waals surface area contributed by atoms with Gasteiger partial charge in [-0.2, -0.15) is 8.42 Å². The first-order valence-corrected chi connectivity index (χ1v) is 6.89. The Morgan fingerprint density at radius 3 is 2.72 bits per heavy atom. The third-order valence-electron chi connectivity index (χ3n) is 3.28. The van der Waals surface area contributed by atoms with Gasteiger partial charge in [-0.1, -0.05) is 12.2 Å². The molecular weight excluding hydrogens is 262 g/mol. The van der Waals surface area contributed by atoms with Crippen molar-refractivity contribution in [1.82, 2.24) is 0 Å². The number of hydrogen-bond acceptors (Lipinski definition) is 5. The second kappa shape index (κ2) is 4.45. The SMILES string of the molecule is O=[N+]([O-])C1=CC=C[C@](CC2CCO2)(S(=O)(=O)O)C1. The molecule has 0 saturated carbocycles. The van der Waals surface area contributed by atoms with Crippen molar-refractivity contribution in [3.63, 3.8) is 0 Å². The smallest absolute Gasteiger partial charge is 0.274 e. The molecular formula is C10H13NO6S. The molecule has 8 heteroatoms. The topological polar surface area (TPSA) is 107 Å². The molecule has 0 aromatic rings. The van der Waals surface area contributed by atoms with Crippen LogP contribution in [0, 0.1) is 10.1 Å². The number of ether oxygens (including phenoxy) is 1. The molecule has 1 fully saturated rings. The van der Waals surface area contributed by atoms with Gasteiger partial charge in [0.25, 0.3) is 10.1 Å². The van der Waals surface area contributed by atoms with Crippen molar-refractivity contribution in [3.05, 3.63) is 34.0 Å². The molecule has 1 heterocycles. The summed E-state index contributed by atoms with van der Waals surface area (Å²) in [6.45, 7) is 0.549. The van der Waals surface area contributed by atoms with Crippen LogP contribution in [-0.4, -0.2) is 35.4 Å². The van der Waals surface area contributed by atoms with E-state index in [1.54, 1.807) is 0 Å². The van der Waals surface area contributed by atoms with Crippen LogP contribution in [0.15, 0.2) is 23.9 Å². The van der Waals surface area contributed by atoms with E-state index in [9.17, 15) is 23.1 Å². The molecule has 2 atom stereocenters. The largest absolute Gasteiger partial charge is 0.378 e. The Morgan fingerprint density at radius 1 is 1.61 bits per heavy atom. The van der Waals surface area contributed by atoms with Gasteiger partial charge in [0.1, 0.15) is 4.75 Å². The Kier molecular flexibility index (Phi) is 3.26. The van der Waals surface area contributed by atoms with Crippen LogP contribution in [0.4, 0.5) is 0 Å². The van der Waals surface area contributed by atoms with E-state index in [1.807, 2.05) is 0 Å². The highest BCUT2D eigenvalue weighted by Gasteiger charge is 2.47. The second-order valence-electron chi connectivity index (χ2n) is 4.48. The fourth-order valence-electron chi connectivity index (χ4n) is 2.14. The van der Waals surface area contributed by atoms with Crippen LogP contribution in [0.25, 0.3) is 0 Å². The second-order valence-corrected chi connectivity index (χ2v) is 6.24. The van der Waals surface area contributed by atoms with Crippen molar-refractivity contribution in [2.75, 3.05) is 6.61 Å². The lowest BCUT2D eigenvalue weighted by molar-refractivity contribution is -0.428. The van der Waals surface area contributed by atoms with Gasteiger partial charge in [0.2, 0.25) is 5.70 Å². The lowest BCUT2D eigenvalue weighted by Crippen LogP contribution is -2.45. The van der Waals surface area contributed by atoms with E-state index < -0.39 is 19.8 Å². The Balaban J connectivity index is 2.30. The molecule has 0 amide bonds. The molecule has 0 aromatic heterocycles. The fraction of sp³-hybridized carbons (Fsp3) is 0.600. The van der Waals surface area contributed by atoms with E-state index in [0.29, 0.717) is 13.0 Å². The summed E-state index contributed by atoms with van der Waals surface area (Å²) in [6.07, 6.45) is 3.96. The van der Waals surface area contributed by atoms with E-state index in [1.165, 1.54) is 18.2 Å². The Labute approximate surface area is 104 Å². The lowest BCUT2D eigenvalue weighted by atomic mass is 9.89. The molecule has 1 aliphatic heterocycles. The third-order valence-corrected chi connectivity index (χ3v) is 4.76. The van der Waals surface area contributed by atoms with Gasteiger partial charge < -0.3 is 4.74 Å². The summed E-state index contributed by atoms with van der Waals surface area (Å²) in [5.41, 5.74) is -0.227. The molecule has 1 N–H and O–H groups in total. The van der Waals surface area contributed by atoms with Gasteiger partial charge in [-0.25, -0.2) is 0 Å². The Morgan fingerprint density at radius 2 is 2.28 bits per heavy atom. The Hall–Kier alpha value is -1.25. The van der Waals surface area contributed by atoms with Gasteiger partial charge in [0.05, 0.1) is 17.4 Å². The molecule has 0 aromatic carbocycles. The van der Waals surface area contributed by atoms with Gasteiger partial charge in [-0.3, -0.25) is 14.7 Å². The van der Waals surface area contributed by atoms with Crippen LogP contribution < -0.4 is 0 Å². The average molecular weight is 275 g/mol. The van der Waals surface area contributed by atoms with Crippen LogP contribution in [0.3, 0.4) is 0 Å². The average Bonchev–Trinajstić information content (AvgIpc) is 2.22. The summed E-state index contributed by atoms with van der Waals surface area (Å²) in [5.74, 6) is 0. The van der Waals surface area contributed by atoms with Crippen molar-refractivity contribution in [3.8, 4) is 0 Å². The number of hydrogen-bond donors (Lipinski definition) is 1. The first kappa shape index (κ1) is 13.2. The maximum Gasteiger partial charge on any atom is 0.274 e. The zero-order valence-electron chi connectivity index (χ0n) is 9.48. The highest BCUT2D eigenvalue weighted by atomic mass is 32.2. The van der Waals surface area contributed by atoms with Gasteiger partial charge in [-0.05, 0) is 12.8 Å². The summed E-state index contributed by atoms with van der Waals surface area (Å²) >= 11 is 0. The molecule has 0 radical (unpaired) electrons. The third kappa shape index (κ3) is 2.31. The van der Waals surface area contributed by atoms with E-state index in [-0.39, 0.29) is 24.6 Å². The van der Waals surface area contributed by atoms with Crippen LogP contribution in [0.2, 0.25) is 0 Å². The summed E-state index contributed by atoms with van der Waals surface area (Å²) in [7, 11) is -4.44. The van der Waals surface area contributed by atoms with Crippen molar-refractivity contribution in [2.24, 2.45) is 0 Å². The molecule has 2 aliphatic rings. The number of nitrogens with zero attached hydrogens (tertiary/aromatic N) is 1. The molecule has 1 unspecified atom stereocenters. The first-order chi connectivity index (χ1) is 8.34. The first-order valence-electron chi connectivity index (χ1n) is 5.45. The highest BCUT2D eigenvalue weighted by molar-refractivity contribution is 7.87. The minimum absolute atomic E-state index is 0.0352. The summed E-state index contributed by atoms with van der Waals surface area (Å²) in [5, 5.41) is 10.7. The molecule has 0 spiro atoms. The van der Waals surface area contributed by atoms with Crippen LogP contribution >= 0.6 is 0 Å². The molecule has 18 heavy (non-hydrogen) atoms. The van der Waals surface area contributed by atoms with Crippen LogP contribution in [-0.2, 0) is 14.9 Å². The number of rotatable bonds is 4. The monoisotopic (exact) mass is 275 g/mol. The molecule has 2 rings (SSSR count). The molecule has 7 nitrogen and oxygen atoms in total. The molecule has 0 bridgehead atoms. The lowest BCUT2D eigenvalue weighted by Gasteiger charge is -2.35. The van der Waals surface area contributed by atoms with Gasteiger partial charge in [0.15, 0.2) is 0 Å². The van der Waals surface area contributed by atoms with E-state index in [4.69, 9.17) is 4.74 Å². The maximum atomic E-state index is 11.6. The zero-order valence-corrected chi connectivity index (χ0v) is 10.3.